The van der Waals surface area contributed by atoms with Crippen molar-refractivity contribution in [3.05, 3.63) is 116 Å². The number of carbonyl (C=O) groups excluding carboxylic acids is 1. The van der Waals surface area contributed by atoms with Crippen LogP contribution in [0.3, 0.4) is 0 Å². The van der Waals surface area contributed by atoms with Crippen LogP contribution in [0.15, 0.2) is 71.7 Å². The van der Waals surface area contributed by atoms with Crippen molar-refractivity contribution in [1.29, 1.82) is 0 Å². The summed E-state index contributed by atoms with van der Waals surface area (Å²) in [6, 6.07) is 5.87. The first-order valence-electron chi connectivity index (χ1n) is 13.8. The molecule has 1 aromatic heterocycles. The van der Waals surface area contributed by atoms with Gasteiger partial charge in [0.25, 0.3) is 11.5 Å². The molecule has 1 aromatic carbocycles. The Hall–Kier alpha value is -3.90. The van der Waals surface area contributed by atoms with Gasteiger partial charge in [-0.25, -0.2) is 0 Å². The zero-order valence-corrected chi connectivity index (χ0v) is 25.4. The summed E-state index contributed by atoms with van der Waals surface area (Å²) in [6.45, 7) is 17.0. The number of hydrogen-bond acceptors (Lipinski definition) is 4. The molecule has 0 aliphatic heterocycles. The topological polar surface area (TPSA) is 91.2 Å². The zero-order chi connectivity index (χ0) is 30.0. The Labute approximate surface area is 240 Å². The molecular formula is C34H46N4O2. The summed E-state index contributed by atoms with van der Waals surface area (Å²) < 4.78 is 0. The lowest BCUT2D eigenvalue weighted by molar-refractivity contribution is 0.0950. The van der Waals surface area contributed by atoms with Gasteiger partial charge in [0.15, 0.2) is 0 Å². The van der Waals surface area contributed by atoms with Crippen LogP contribution in [0.1, 0.15) is 71.1 Å². The normalized spacial score (nSPS) is 13.0. The predicted octanol–water partition coefficient (Wildman–Crippen LogP) is 6.21. The van der Waals surface area contributed by atoms with E-state index in [4.69, 9.17) is 5.73 Å². The van der Waals surface area contributed by atoms with Crippen molar-refractivity contribution >= 4 is 17.1 Å². The van der Waals surface area contributed by atoms with Gasteiger partial charge in [0.2, 0.25) is 0 Å². The number of aromatic nitrogens is 1. The predicted molar refractivity (Wildman–Crippen MR) is 170 cm³/mol. The van der Waals surface area contributed by atoms with Crippen molar-refractivity contribution in [1.82, 2.24) is 15.2 Å². The fourth-order valence-corrected chi connectivity index (χ4v) is 4.44. The molecule has 40 heavy (non-hydrogen) atoms. The Morgan fingerprint density at radius 3 is 2.40 bits per heavy atom. The number of amides is 1. The number of aromatic amines is 1. The second kappa shape index (κ2) is 15.0. The lowest BCUT2D eigenvalue weighted by Crippen LogP contribution is -2.28. The monoisotopic (exact) mass is 542 g/mol. The Bertz CT molecular complexity index is 1400. The third-order valence-corrected chi connectivity index (χ3v) is 6.61. The van der Waals surface area contributed by atoms with Crippen LogP contribution in [0.5, 0.6) is 0 Å². The number of nitrogens with one attached hydrogen (secondary N) is 2. The van der Waals surface area contributed by atoms with Gasteiger partial charge in [-0.1, -0.05) is 56.9 Å². The number of H-pyrrole nitrogens is 1. The third kappa shape index (κ3) is 9.38. The standard InChI is InChI=1S/C34H46N4O2/c1-10-27(14-15-29(35)16-17-38(8)9)28-19-25(6)32(23(4)13-11-12-22(2)3)30(20-28)33(39)36-21-31-24(5)18-26(7)37-34(31)40/h10-15,18-20,22H,1,16-17,21,35H2,2-9H3,(H,36,39)(H,37,40)/b12-11+,23-13-,27-14+,29-15-. The molecule has 4 N–H and O–H groups in total. The SMILES string of the molecule is C=C/C(=C\C=C(/N)CCN(C)C)c1cc(C)c(/C(C)=C\C=C\C(C)C)c(C(=O)NCc2c(C)cc(C)[nH]c2=O)c1. The van der Waals surface area contributed by atoms with Gasteiger partial charge in [0.05, 0.1) is 0 Å². The first kappa shape index (κ1) is 32.3. The Morgan fingerprint density at radius 2 is 1.80 bits per heavy atom. The molecule has 6 heteroatoms. The highest BCUT2D eigenvalue weighted by Gasteiger charge is 2.18. The summed E-state index contributed by atoms with van der Waals surface area (Å²) in [5.41, 5.74) is 14.1. The highest BCUT2D eigenvalue weighted by molar-refractivity contribution is 6.01. The first-order chi connectivity index (χ1) is 18.8. The second-order valence-corrected chi connectivity index (χ2v) is 10.9. The van der Waals surface area contributed by atoms with E-state index in [0.29, 0.717) is 17.0 Å². The van der Waals surface area contributed by atoms with E-state index >= 15 is 0 Å². The molecule has 214 valence electrons. The summed E-state index contributed by atoms with van der Waals surface area (Å²) in [7, 11) is 4.03. The van der Waals surface area contributed by atoms with Crippen LogP contribution in [0.2, 0.25) is 0 Å². The van der Waals surface area contributed by atoms with E-state index in [2.05, 4.69) is 47.8 Å². The van der Waals surface area contributed by atoms with E-state index in [-0.39, 0.29) is 18.0 Å². The number of pyridine rings is 1. The van der Waals surface area contributed by atoms with Gasteiger partial charge in [0.1, 0.15) is 0 Å². The summed E-state index contributed by atoms with van der Waals surface area (Å²) in [4.78, 5) is 31.2. The van der Waals surface area contributed by atoms with Gasteiger partial charge in [0, 0.05) is 35.6 Å². The molecule has 0 bridgehead atoms. The second-order valence-electron chi connectivity index (χ2n) is 10.9. The molecule has 2 aromatic rings. The quantitative estimate of drug-likeness (QED) is 0.278. The Balaban J connectivity index is 2.57. The van der Waals surface area contributed by atoms with Crippen molar-refractivity contribution in [2.75, 3.05) is 20.6 Å². The lowest BCUT2D eigenvalue weighted by Gasteiger charge is -2.17. The van der Waals surface area contributed by atoms with Crippen LogP contribution in [0, 0.1) is 26.7 Å². The first-order valence-corrected chi connectivity index (χ1v) is 13.8. The van der Waals surface area contributed by atoms with Crippen molar-refractivity contribution < 1.29 is 4.79 Å². The summed E-state index contributed by atoms with van der Waals surface area (Å²) in [5.74, 6) is 0.175. The number of carbonyl (C=O) groups is 1. The van der Waals surface area contributed by atoms with Gasteiger partial charge >= 0.3 is 0 Å². The van der Waals surface area contributed by atoms with Crippen LogP contribution in [0.4, 0.5) is 0 Å². The molecule has 0 fully saturated rings. The summed E-state index contributed by atoms with van der Waals surface area (Å²) in [5, 5.41) is 2.99. The minimum Gasteiger partial charge on any atom is -0.402 e. The number of hydrogen-bond donors (Lipinski definition) is 3. The molecule has 0 aliphatic carbocycles. The Morgan fingerprint density at radius 1 is 1.10 bits per heavy atom. The molecule has 0 radical (unpaired) electrons. The molecule has 1 amide bonds. The maximum atomic E-state index is 13.7. The lowest BCUT2D eigenvalue weighted by atomic mass is 9.90. The highest BCUT2D eigenvalue weighted by Crippen LogP contribution is 2.29. The zero-order valence-electron chi connectivity index (χ0n) is 25.4. The van der Waals surface area contributed by atoms with Crippen molar-refractivity contribution in [2.24, 2.45) is 11.7 Å². The summed E-state index contributed by atoms with van der Waals surface area (Å²) in [6.07, 6.45) is 12.5. The van der Waals surface area contributed by atoms with Crippen LogP contribution < -0.4 is 16.6 Å². The van der Waals surface area contributed by atoms with Gasteiger partial charge in [-0.05, 0) is 106 Å². The molecule has 2 rings (SSSR count). The van der Waals surface area contributed by atoms with E-state index < -0.39 is 0 Å². The minimum absolute atomic E-state index is 0.133. The van der Waals surface area contributed by atoms with E-state index in [1.54, 1.807) is 6.08 Å². The van der Waals surface area contributed by atoms with Gasteiger partial charge < -0.3 is 20.9 Å². The van der Waals surface area contributed by atoms with Gasteiger partial charge in [-0.15, -0.1) is 0 Å². The molecule has 1 heterocycles. The minimum atomic E-state index is -0.246. The summed E-state index contributed by atoms with van der Waals surface area (Å²) >= 11 is 0. The van der Waals surface area contributed by atoms with Crippen molar-refractivity contribution in [2.45, 2.75) is 54.5 Å². The van der Waals surface area contributed by atoms with Crippen LogP contribution in [-0.2, 0) is 6.54 Å². The number of benzene rings is 1. The van der Waals surface area contributed by atoms with E-state index in [1.807, 2.05) is 78.2 Å². The molecular weight excluding hydrogens is 496 g/mol. The number of nitrogens with zero attached hydrogens (tertiary/aromatic N) is 1. The molecule has 0 saturated carbocycles. The maximum Gasteiger partial charge on any atom is 0.253 e. The number of allylic oxidation sites excluding steroid dienone is 8. The molecule has 0 spiro atoms. The van der Waals surface area contributed by atoms with Crippen LogP contribution >= 0.6 is 0 Å². The van der Waals surface area contributed by atoms with Gasteiger partial charge in [-0.3, -0.25) is 9.59 Å². The molecule has 0 saturated heterocycles. The van der Waals surface area contributed by atoms with Crippen molar-refractivity contribution in [3.8, 4) is 0 Å². The smallest absolute Gasteiger partial charge is 0.253 e. The van der Waals surface area contributed by atoms with E-state index in [0.717, 1.165) is 57.8 Å². The highest BCUT2D eigenvalue weighted by atomic mass is 16.1. The molecule has 6 nitrogen and oxygen atoms in total. The maximum absolute atomic E-state index is 13.7. The number of nitrogens with two attached hydrogens (primary N) is 1. The molecule has 0 aliphatic rings. The fraction of sp³-hybridized carbons (Fsp3) is 0.353. The number of aryl methyl sites for hydroxylation is 3. The van der Waals surface area contributed by atoms with Crippen LogP contribution in [0.25, 0.3) is 11.1 Å². The Kier molecular flexibility index (Phi) is 12.1. The van der Waals surface area contributed by atoms with E-state index in [1.165, 1.54) is 0 Å². The largest absolute Gasteiger partial charge is 0.402 e. The molecule has 0 atom stereocenters. The average Bonchev–Trinajstić information content (AvgIpc) is 2.86. The molecule has 0 unspecified atom stereocenters. The van der Waals surface area contributed by atoms with E-state index in [9.17, 15) is 9.59 Å². The number of rotatable bonds is 12. The third-order valence-electron chi connectivity index (χ3n) is 6.61. The fourth-order valence-electron chi connectivity index (χ4n) is 4.44. The van der Waals surface area contributed by atoms with Gasteiger partial charge in [-0.2, -0.15) is 0 Å². The van der Waals surface area contributed by atoms with Crippen molar-refractivity contribution in [3.63, 3.8) is 0 Å². The average molecular weight is 543 g/mol. The van der Waals surface area contributed by atoms with Crippen LogP contribution in [-0.4, -0.2) is 36.4 Å².